The van der Waals surface area contributed by atoms with E-state index in [2.05, 4.69) is 17.3 Å². The second-order valence-corrected chi connectivity index (χ2v) is 6.87. The van der Waals surface area contributed by atoms with Crippen LogP contribution in [-0.2, 0) is 11.3 Å². The molecule has 0 saturated carbocycles. The first kappa shape index (κ1) is 17.4. The Morgan fingerprint density at radius 1 is 1.35 bits per heavy atom. The van der Waals surface area contributed by atoms with Gasteiger partial charge in [-0.3, -0.25) is 14.3 Å². The molecule has 5 nitrogen and oxygen atoms in total. The molecule has 6 heteroatoms. The molecule has 2 aromatic heterocycles. The zero-order chi connectivity index (χ0) is 16.8. The third-order valence-electron chi connectivity index (χ3n) is 3.61. The third kappa shape index (κ3) is 5.32. The van der Waals surface area contributed by atoms with Gasteiger partial charge in [-0.2, -0.15) is 5.10 Å². The molecule has 2 rings (SSSR count). The van der Waals surface area contributed by atoms with E-state index in [0.29, 0.717) is 6.54 Å². The number of hydrogen-bond donors (Lipinski definition) is 1. The molecule has 2 heterocycles. The number of nitrogens with one attached hydrogen (secondary N) is 1. The fourth-order valence-corrected chi connectivity index (χ4v) is 3.08. The molecule has 0 aliphatic heterocycles. The minimum Gasteiger partial charge on any atom is -0.356 e. The van der Waals surface area contributed by atoms with Crippen molar-refractivity contribution in [2.24, 2.45) is 5.92 Å². The SMILES string of the molecule is Cc1cc(C)n(C[C@H](C)CNC(=O)CCC(=O)c2cccs2)n1. The molecule has 23 heavy (non-hydrogen) atoms. The summed E-state index contributed by atoms with van der Waals surface area (Å²) in [5.74, 6) is 0.242. The maximum atomic E-state index is 11.9. The molecule has 0 aliphatic rings. The van der Waals surface area contributed by atoms with Crippen LogP contribution in [0.4, 0.5) is 0 Å². The van der Waals surface area contributed by atoms with Gasteiger partial charge in [-0.1, -0.05) is 13.0 Å². The van der Waals surface area contributed by atoms with E-state index in [1.54, 1.807) is 6.07 Å². The van der Waals surface area contributed by atoms with Crippen molar-refractivity contribution >= 4 is 23.0 Å². The highest BCUT2D eigenvalue weighted by Crippen LogP contribution is 2.12. The van der Waals surface area contributed by atoms with E-state index in [4.69, 9.17) is 0 Å². The molecule has 1 N–H and O–H groups in total. The van der Waals surface area contributed by atoms with Crippen LogP contribution in [0.3, 0.4) is 0 Å². The number of amides is 1. The molecular formula is C17H23N3O2S. The molecule has 0 aliphatic carbocycles. The Morgan fingerprint density at radius 2 is 2.13 bits per heavy atom. The fourth-order valence-electron chi connectivity index (χ4n) is 2.38. The van der Waals surface area contributed by atoms with Crippen LogP contribution in [0.5, 0.6) is 0 Å². The highest BCUT2D eigenvalue weighted by molar-refractivity contribution is 7.12. The molecular weight excluding hydrogens is 310 g/mol. The smallest absolute Gasteiger partial charge is 0.220 e. The third-order valence-corrected chi connectivity index (χ3v) is 4.52. The quantitative estimate of drug-likeness (QED) is 0.755. The lowest BCUT2D eigenvalue weighted by Gasteiger charge is -2.14. The predicted molar refractivity (Wildman–Crippen MR) is 91.8 cm³/mol. The normalized spacial score (nSPS) is 12.1. The molecule has 0 unspecified atom stereocenters. The molecule has 0 saturated heterocycles. The summed E-state index contributed by atoms with van der Waals surface area (Å²) in [5, 5.41) is 9.20. The lowest BCUT2D eigenvalue weighted by atomic mass is 10.1. The number of rotatable bonds is 8. The van der Waals surface area contributed by atoms with Crippen molar-refractivity contribution in [2.75, 3.05) is 6.54 Å². The Bertz CT molecular complexity index is 661. The topological polar surface area (TPSA) is 64.0 Å². The number of aryl methyl sites for hydroxylation is 2. The van der Waals surface area contributed by atoms with Gasteiger partial charge in [0.1, 0.15) is 0 Å². The van der Waals surface area contributed by atoms with E-state index >= 15 is 0 Å². The Balaban J connectivity index is 1.69. The minimum absolute atomic E-state index is 0.0332. The summed E-state index contributed by atoms with van der Waals surface area (Å²) in [6, 6.07) is 5.68. The fraction of sp³-hybridized carbons (Fsp3) is 0.471. The highest BCUT2D eigenvalue weighted by Gasteiger charge is 2.12. The Hall–Kier alpha value is -1.95. The van der Waals surface area contributed by atoms with Crippen LogP contribution in [0.1, 0.15) is 40.8 Å². The summed E-state index contributed by atoms with van der Waals surface area (Å²) in [7, 11) is 0. The van der Waals surface area contributed by atoms with E-state index in [-0.39, 0.29) is 30.4 Å². The van der Waals surface area contributed by atoms with Gasteiger partial charge in [0.15, 0.2) is 5.78 Å². The van der Waals surface area contributed by atoms with Gasteiger partial charge < -0.3 is 5.32 Å². The summed E-state index contributed by atoms with van der Waals surface area (Å²) in [4.78, 5) is 24.4. The Labute approximate surface area is 140 Å². The van der Waals surface area contributed by atoms with Crippen molar-refractivity contribution in [2.45, 2.75) is 40.2 Å². The summed E-state index contributed by atoms with van der Waals surface area (Å²) in [6.07, 6.45) is 0.502. The standard InChI is InChI=1S/C17H23N3O2S/c1-12(11-20-14(3)9-13(2)19-20)10-18-17(22)7-6-15(21)16-5-4-8-23-16/h4-5,8-9,12H,6-7,10-11H2,1-3H3,(H,18,22)/t12-/m1/s1. The van der Waals surface area contributed by atoms with E-state index < -0.39 is 0 Å². The van der Waals surface area contributed by atoms with Gasteiger partial charge in [0, 0.05) is 31.6 Å². The predicted octanol–water partition coefficient (Wildman–Crippen LogP) is 2.98. The van der Waals surface area contributed by atoms with Crippen molar-refractivity contribution in [3.05, 3.63) is 39.8 Å². The summed E-state index contributed by atoms with van der Waals surface area (Å²) >= 11 is 1.41. The van der Waals surface area contributed by atoms with Gasteiger partial charge in [-0.15, -0.1) is 11.3 Å². The first-order chi connectivity index (χ1) is 11.0. The summed E-state index contributed by atoms with van der Waals surface area (Å²) < 4.78 is 1.96. The largest absolute Gasteiger partial charge is 0.356 e. The average molecular weight is 333 g/mol. The van der Waals surface area contributed by atoms with E-state index in [9.17, 15) is 9.59 Å². The van der Waals surface area contributed by atoms with Crippen LogP contribution in [0.2, 0.25) is 0 Å². The molecule has 124 valence electrons. The maximum Gasteiger partial charge on any atom is 0.220 e. The first-order valence-electron chi connectivity index (χ1n) is 7.80. The number of Topliss-reactive ketones (excluding diaryl/α,β-unsaturated/α-hetero) is 1. The molecule has 0 aromatic carbocycles. The van der Waals surface area contributed by atoms with Crippen LogP contribution >= 0.6 is 11.3 Å². The Morgan fingerprint density at radius 3 is 2.74 bits per heavy atom. The monoisotopic (exact) mass is 333 g/mol. The van der Waals surface area contributed by atoms with Gasteiger partial charge in [-0.25, -0.2) is 0 Å². The second kappa shape index (κ2) is 8.06. The number of hydrogen-bond acceptors (Lipinski definition) is 4. The molecule has 0 bridgehead atoms. The zero-order valence-corrected chi connectivity index (χ0v) is 14.7. The van der Waals surface area contributed by atoms with Gasteiger partial charge in [0.2, 0.25) is 5.91 Å². The number of carbonyl (C=O) groups excluding carboxylic acids is 2. The summed E-state index contributed by atoms with van der Waals surface area (Å²) in [5.41, 5.74) is 2.13. The average Bonchev–Trinajstić information content (AvgIpc) is 3.13. The number of carbonyl (C=O) groups is 2. The minimum atomic E-state index is -0.0740. The van der Waals surface area contributed by atoms with Crippen LogP contribution in [0, 0.1) is 19.8 Å². The summed E-state index contributed by atoms with van der Waals surface area (Å²) in [6.45, 7) is 7.44. The molecule has 1 amide bonds. The molecule has 0 fully saturated rings. The van der Waals surface area contributed by atoms with Crippen molar-refractivity contribution in [3.63, 3.8) is 0 Å². The van der Waals surface area contributed by atoms with Crippen LogP contribution in [-0.4, -0.2) is 28.0 Å². The van der Waals surface area contributed by atoms with E-state index in [1.807, 2.05) is 36.0 Å². The van der Waals surface area contributed by atoms with Gasteiger partial charge >= 0.3 is 0 Å². The van der Waals surface area contributed by atoms with E-state index in [1.165, 1.54) is 11.3 Å². The van der Waals surface area contributed by atoms with Crippen LogP contribution in [0.25, 0.3) is 0 Å². The van der Waals surface area contributed by atoms with Crippen LogP contribution in [0.15, 0.2) is 23.6 Å². The molecule has 0 spiro atoms. The molecule has 2 aromatic rings. The number of thiophene rings is 1. The lowest BCUT2D eigenvalue weighted by Crippen LogP contribution is -2.30. The number of aromatic nitrogens is 2. The molecule has 0 radical (unpaired) electrons. The first-order valence-corrected chi connectivity index (χ1v) is 8.68. The van der Waals surface area contributed by atoms with Gasteiger partial charge in [0.25, 0.3) is 0 Å². The second-order valence-electron chi connectivity index (χ2n) is 5.92. The van der Waals surface area contributed by atoms with E-state index in [0.717, 1.165) is 22.8 Å². The maximum absolute atomic E-state index is 11.9. The molecule has 1 atom stereocenters. The van der Waals surface area contributed by atoms with Crippen molar-refractivity contribution in [1.29, 1.82) is 0 Å². The zero-order valence-electron chi connectivity index (χ0n) is 13.8. The van der Waals surface area contributed by atoms with Gasteiger partial charge in [0.05, 0.1) is 10.6 Å². The lowest BCUT2D eigenvalue weighted by molar-refractivity contribution is -0.121. The van der Waals surface area contributed by atoms with Crippen molar-refractivity contribution in [1.82, 2.24) is 15.1 Å². The van der Waals surface area contributed by atoms with Gasteiger partial charge in [-0.05, 0) is 37.3 Å². The highest BCUT2D eigenvalue weighted by atomic mass is 32.1. The van der Waals surface area contributed by atoms with Crippen molar-refractivity contribution in [3.8, 4) is 0 Å². The number of nitrogens with zero attached hydrogens (tertiary/aromatic N) is 2. The van der Waals surface area contributed by atoms with Crippen LogP contribution < -0.4 is 5.32 Å². The van der Waals surface area contributed by atoms with Crippen molar-refractivity contribution < 1.29 is 9.59 Å². The number of ketones is 1. The Kier molecular flexibility index (Phi) is 6.10.